The molecule has 112 valence electrons. The maximum Gasteiger partial charge on any atom is 0.0734 e. The second kappa shape index (κ2) is 7.08. The summed E-state index contributed by atoms with van der Waals surface area (Å²) in [6.07, 6.45) is 10.1. The van der Waals surface area contributed by atoms with Crippen molar-refractivity contribution in [3.8, 4) is 0 Å². The van der Waals surface area contributed by atoms with E-state index >= 15 is 0 Å². The van der Waals surface area contributed by atoms with Gasteiger partial charge in [0, 0.05) is 6.04 Å². The molecule has 6 unspecified atom stereocenters. The van der Waals surface area contributed by atoms with Crippen molar-refractivity contribution >= 4 is 0 Å². The van der Waals surface area contributed by atoms with Gasteiger partial charge in [0.05, 0.1) is 12.2 Å². The maximum absolute atomic E-state index is 6.52. The van der Waals surface area contributed by atoms with Gasteiger partial charge in [-0.1, -0.05) is 27.2 Å². The monoisotopic (exact) mass is 267 g/mol. The van der Waals surface area contributed by atoms with E-state index in [2.05, 4.69) is 33.1 Å². The molecule has 2 aliphatic rings. The van der Waals surface area contributed by atoms with Crippen LogP contribution >= 0.6 is 0 Å². The first-order chi connectivity index (χ1) is 9.13. The average Bonchev–Trinajstić information content (AvgIpc) is 2.43. The molecule has 2 heteroatoms. The fourth-order valence-corrected chi connectivity index (χ4v) is 3.93. The molecule has 1 N–H and O–H groups in total. The third-order valence-corrected chi connectivity index (χ3v) is 5.77. The van der Waals surface area contributed by atoms with Crippen LogP contribution in [-0.2, 0) is 4.74 Å². The Morgan fingerprint density at radius 3 is 2.42 bits per heavy atom. The summed E-state index contributed by atoms with van der Waals surface area (Å²) < 4.78 is 6.52. The minimum absolute atomic E-state index is 0.453. The summed E-state index contributed by atoms with van der Waals surface area (Å²) in [6.45, 7) is 7.11. The number of rotatable bonds is 4. The molecule has 0 bridgehead atoms. The fourth-order valence-electron chi connectivity index (χ4n) is 3.93. The van der Waals surface area contributed by atoms with Crippen molar-refractivity contribution in [3.63, 3.8) is 0 Å². The molecule has 2 nitrogen and oxygen atoms in total. The maximum atomic E-state index is 6.52. The Kier molecular flexibility index (Phi) is 5.70. The lowest BCUT2D eigenvalue weighted by Gasteiger charge is -2.40. The molecule has 0 spiro atoms. The number of nitrogens with one attached hydrogen (secondary N) is 1. The summed E-state index contributed by atoms with van der Waals surface area (Å²) in [5.41, 5.74) is 0. The molecule has 0 aromatic carbocycles. The Morgan fingerprint density at radius 2 is 1.79 bits per heavy atom. The second-order valence-electron chi connectivity index (χ2n) is 7.05. The minimum Gasteiger partial charge on any atom is -0.373 e. The van der Waals surface area contributed by atoms with E-state index in [4.69, 9.17) is 4.74 Å². The van der Waals surface area contributed by atoms with Crippen molar-refractivity contribution in [2.45, 2.75) is 84.0 Å². The second-order valence-corrected chi connectivity index (χ2v) is 7.05. The van der Waals surface area contributed by atoms with Crippen LogP contribution in [0.2, 0.25) is 0 Å². The first-order valence-electron chi connectivity index (χ1n) is 8.46. The molecule has 2 saturated carbocycles. The van der Waals surface area contributed by atoms with Crippen LogP contribution in [0.3, 0.4) is 0 Å². The van der Waals surface area contributed by atoms with Crippen LogP contribution < -0.4 is 5.32 Å². The molecule has 0 aromatic heterocycles. The first-order valence-corrected chi connectivity index (χ1v) is 8.46. The number of hydrogen-bond acceptors (Lipinski definition) is 2. The van der Waals surface area contributed by atoms with Gasteiger partial charge in [-0.05, 0) is 63.3 Å². The van der Waals surface area contributed by atoms with Gasteiger partial charge >= 0.3 is 0 Å². The molecule has 2 rings (SSSR count). The summed E-state index contributed by atoms with van der Waals surface area (Å²) in [7, 11) is 2.10. The molecule has 2 fully saturated rings. The van der Waals surface area contributed by atoms with Crippen molar-refractivity contribution in [1.29, 1.82) is 0 Å². The zero-order valence-electron chi connectivity index (χ0n) is 13.3. The lowest BCUT2D eigenvalue weighted by atomic mass is 9.79. The van der Waals surface area contributed by atoms with Crippen LogP contribution in [0, 0.1) is 17.8 Å². The summed E-state index contributed by atoms with van der Waals surface area (Å²) in [5.74, 6) is 2.60. The van der Waals surface area contributed by atoms with Crippen molar-refractivity contribution in [3.05, 3.63) is 0 Å². The molecule has 0 aliphatic heterocycles. The molecule has 6 atom stereocenters. The van der Waals surface area contributed by atoms with E-state index < -0.39 is 0 Å². The standard InChI is InChI=1S/C17H33NO/c1-5-14-7-9-16(18-4)17(11-14)19-15-8-6-12(2)13(3)10-15/h12-18H,5-11H2,1-4H3. The van der Waals surface area contributed by atoms with Crippen molar-refractivity contribution in [1.82, 2.24) is 5.32 Å². The van der Waals surface area contributed by atoms with E-state index in [0.717, 1.165) is 17.8 Å². The highest BCUT2D eigenvalue weighted by Gasteiger charge is 2.33. The van der Waals surface area contributed by atoms with Crippen LogP contribution in [0.4, 0.5) is 0 Å². The lowest BCUT2D eigenvalue weighted by Crippen LogP contribution is -2.46. The highest BCUT2D eigenvalue weighted by molar-refractivity contribution is 4.86. The quantitative estimate of drug-likeness (QED) is 0.831. The topological polar surface area (TPSA) is 21.3 Å². The van der Waals surface area contributed by atoms with Crippen LogP contribution in [0.1, 0.15) is 65.7 Å². The van der Waals surface area contributed by atoms with Gasteiger partial charge in [-0.2, -0.15) is 0 Å². The molecule has 19 heavy (non-hydrogen) atoms. The molecular formula is C17H33NO. The summed E-state index contributed by atoms with van der Waals surface area (Å²) in [6, 6.07) is 0.581. The highest BCUT2D eigenvalue weighted by Crippen LogP contribution is 2.35. The summed E-state index contributed by atoms with van der Waals surface area (Å²) in [5, 5.41) is 3.48. The van der Waals surface area contributed by atoms with Crippen molar-refractivity contribution in [2.75, 3.05) is 7.05 Å². The van der Waals surface area contributed by atoms with Crippen LogP contribution in [0.5, 0.6) is 0 Å². The van der Waals surface area contributed by atoms with E-state index in [1.54, 1.807) is 0 Å². The van der Waals surface area contributed by atoms with Gasteiger partial charge in [0.15, 0.2) is 0 Å². The van der Waals surface area contributed by atoms with Crippen LogP contribution in [0.15, 0.2) is 0 Å². The van der Waals surface area contributed by atoms with Gasteiger partial charge in [0.25, 0.3) is 0 Å². The van der Waals surface area contributed by atoms with E-state index in [-0.39, 0.29) is 0 Å². The van der Waals surface area contributed by atoms with Gasteiger partial charge in [-0.25, -0.2) is 0 Å². The normalized spacial score (nSPS) is 44.2. The third-order valence-electron chi connectivity index (χ3n) is 5.77. The first kappa shape index (κ1) is 15.3. The van der Waals surface area contributed by atoms with E-state index in [0.29, 0.717) is 18.2 Å². The Labute approximate surface area is 119 Å². The van der Waals surface area contributed by atoms with Gasteiger partial charge in [0.1, 0.15) is 0 Å². The zero-order chi connectivity index (χ0) is 13.8. The summed E-state index contributed by atoms with van der Waals surface area (Å²) >= 11 is 0. The third kappa shape index (κ3) is 3.95. The zero-order valence-corrected chi connectivity index (χ0v) is 13.3. The molecule has 0 heterocycles. The van der Waals surface area contributed by atoms with Gasteiger partial charge in [0.2, 0.25) is 0 Å². The number of hydrogen-bond donors (Lipinski definition) is 1. The lowest BCUT2D eigenvalue weighted by molar-refractivity contribution is -0.0810. The van der Waals surface area contributed by atoms with E-state index in [1.807, 2.05) is 0 Å². The van der Waals surface area contributed by atoms with E-state index in [9.17, 15) is 0 Å². The van der Waals surface area contributed by atoms with Gasteiger partial charge < -0.3 is 10.1 Å². The molecule has 0 radical (unpaired) electrons. The molecular weight excluding hydrogens is 234 g/mol. The Morgan fingerprint density at radius 1 is 1.00 bits per heavy atom. The highest BCUT2D eigenvalue weighted by atomic mass is 16.5. The molecule has 0 saturated heterocycles. The number of likely N-dealkylation sites (N-methyl/N-ethyl adjacent to an activating group) is 1. The number of ether oxygens (including phenoxy) is 1. The molecule has 2 aliphatic carbocycles. The van der Waals surface area contributed by atoms with Crippen molar-refractivity contribution < 1.29 is 4.74 Å². The SMILES string of the molecule is CCC1CCC(NC)C(OC2CCC(C)C(C)C2)C1. The molecule has 0 aromatic rings. The smallest absolute Gasteiger partial charge is 0.0734 e. The summed E-state index contributed by atoms with van der Waals surface area (Å²) in [4.78, 5) is 0. The Hall–Kier alpha value is -0.0800. The van der Waals surface area contributed by atoms with E-state index in [1.165, 1.54) is 44.9 Å². The average molecular weight is 267 g/mol. The van der Waals surface area contributed by atoms with Crippen LogP contribution in [0.25, 0.3) is 0 Å². The minimum atomic E-state index is 0.453. The predicted octanol–water partition coefficient (Wildman–Crippen LogP) is 3.99. The Balaban J connectivity index is 1.88. The molecule has 0 amide bonds. The van der Waals surface area contributed by atoms with Gasteiger partial charge in [-0.3, -0.25) is 0 Å². The predicted molar refractivity (Wildman–Crippen MR) is 81.3 cm³/mol. The van der Waals surface area contributed by atoms with Gasteiger partial charge in [-0.15, -0.1) is 0 Å². The Bertz CT molecular complexity index is 268. The van der Waals surface area contributed by atoms with Crippen molar-refractivity contribution in [2.24, 2.45) is 17.8 Å². The fraction of sp³-hybridized carbons (Fsp3) is 1.00. The largest absolute Gasteiger partial charge is 0.373 e. The van der Waals surface area contributed by atoms with Crippen LogP contribution in [-0.4, -0.2) is 25.3 Å².